The summed E-state index contributed by atoms with van der Waals surface area (Å²) >= 11 is 5.79. The molecule has 0 saturated heterocycles. The van der Waals surface area contributed by atoms with Crippen molar-refractivity contribution in [2.75, 3.05) is 11.9 Å². The van der Waals surface area contributed by atoms with Gasteiger partial charge >= 0.3 is 0 Å². The number of phenolic OH excluding ortho intramolecular Hbond substituents is 1. The van der Waals surface area contributed by atoms with Gasteiger partial charge in [-0.1, -0.05) is 23.7 Å². The standard InChI is InChI=1S/C16H13ClN2O5S/c17-10-5-6-13(20)12(9-10)18-15(21)7-8-19-16(22)11-3-1-2-4-14(11)25(19,23)24/h1-6,9,20H,7-8H2,(H,18,21). The lowest BCUT2D eigenvalue weighted by Crippen LogP contribution is -2.33. The van der Waals surface area contributed by atoms with Crippen molar-refractivity contribution < 1.29 is 23.1 Å². The van der Waals surface area contributed by atoms with Gasteiger partial charge < -0.3 is 10.4 Å². The Morgan fingerprint density at radius 3 is 2.64 bits per heavy atom. The summed E-state index contributed by atoms with van der Waals surface area (Å²) in [5.74, 6) is -1.39. The van der Waals surface area contributed by atoms with Crippen molar-refractivity contribution in [2.24, 2.45) is 0 Å². The highest BCUT2D eigenvalue weighted by molar-refractivity contribution is 7.90. The summed E-state index contributed by atoms with van der Waals surface area (Å²) in [6.07, 6.45) is -0.259. The third-order valence-electron chi connectivity index (χ3n) is 3.69. The van der Waals surface area contributed by atoms with E-state index in [1.54, 1.807) is 6.07 Å². The second-order valence-corrected chi connectivity index (χ2v) is 7.61. The molecule has 25 heavy (non-hydrogen) atoms. The number of benzene rings is 2. The molecule has 2 aromatic rings. The lowest BCUT2D eigenvalue weighted by molar-refractivity contribution is -0.116. The molecule has 9 heteroatoms. The third-order valence-corrected chi connectivity index (χ3v) is 5.76. The first-order valence-corrected chi connectivity index (χ1v) is 9.07. The molecule has 1 aliphatic rings. The Bertz CT molecular complexity index is 974. The minimum atomic E-state index is -3.95. The molecule has 0 aliphatic carbocycles. The zero-order chi connectivity index (χ0) is 18.2. The number of nitrogens with one attached hydrogen (secondary N) is 1. The Morgan fingerprint density at radius 1 is 1.20 bits per heavy atom. The van der Waals surface area contributed by atoms with Crippen LogP contribution in [0, 0.1) is 0 Å². The molecule has 0 radical (unpaired) electrons. The first-order valence-electron chi connectivity index (χ1n) is 7.25. The molecule has 0 fully saturated rings. The summed E-state index contributed by atoms with van der Waals surface area (Å²) in [6.45, 7) is -0.303. The van der Waals surface area contributed by atoms with E-state index in [2.05, 4.69) is 5.32 Å². The summed E-state index contributed by atoms with van der Waals surface area (Å²) < 4.78 is 25.4. The molecule has 2 aromatic carbocycles. The Hall–Kier alpha value is -2.58. The number of carbonyl (C=O) groups is 2. The normalized spacial score (nSPS) is 15.1. The summed E-state index contributed by atoms with van der Waals surface area (Å²) in [7, 11) is -3.95. The number of amides is 2. The molecule has 130 valence electrons. The van der Waals surface area contributed by atoms with Gasteiger partial charge in [-0.05, 0) is 30.3 Å². The third kappa shape index (κ3) is 3.18. The Kier molecular flexibility index (Phi) is 4.40. The van der Waals surface area contributed by atoms with Crippen molar-refractivity contribution in [1.29, 1.82) is 0 Å². The van der Waals surface area contributed by atoms with Crippen molar-refractivity contribution >= 4 is 39.1 Å². The number of aromatic hydroxyl groups is 1. The fourth-order valence-electron chi connectivity index (χ4n) is 2.48. The van der Waals surface area contributed by atoms with Crippen LogP contribution in [0.5, 0.6) is 5.75 Å². The summed E-state index contributed by atoms with van der Waals surface area (Å²) in [6, 6.07) is 10.0. The second-order valence-electron chi connectivity index (χ2n) is 5.34. The molecule has 0 unspecified atom stereocenters. The molecule has 0 saturated carbocycles. The Morgan fingerprint density at radius 2 is 1.92 bits per heavy atom. The molecule has 3 rings (SSSR count). The van der Waals surface area contributed by atoms with E-state index in [0.717, 1.165) is 0 Å². The van der Waals surface area contributed by atoms with Crippen molar-refractivity contribution in [3.8, 4) is 5.75 Å². The van der Waals surface area contributed by atoms with Crippen molar-refractivity contribution in [1.82, 2.24) is 4.31 Å². The van der Waals surface area contributed by atoms with Gasteiger partial charge in [0.25, 0.3) is 15.9 Å². The number of sulfonamides is 1. The molecule has 7 nitrogen and oxygen atoms in total. The zero-order valence-corrected chi connectivity index (χ0v) is 14.3. The van der Waals surface area contributed by atoms with Crippen LogP contribution in [-0.4, -0.2) is 36.2 Å². The highest BCUT2D eigenvalue weighted by Gasteiger charge is 2.40. The summed E-state index contributed by atoms with van der Waals surface area (Å²) in [5, 5.41) is 12.4. The predicted molar refractivity (Wildman–Crippen MR) is 91.0 cm³/mol. The van der Waals surface area contributed by atoms with Crippen LogP contribution in [0.3, 0.4) is 0 Å². The highest BCUT2D eigenvalue weighted by Crippen LogP contribution is 2.30. The molecule has 2 N–H and O–H groups in total. The van der Waals surface area contributed by atoms with Crippen LogP contribution in [0.1, 0.15) is 16.8 Å². The van der Waals surface area contributed by atoms with Gasteiger partial charge in [0.15, 0.2) is 0 Å². The monoisotopic (exact) mass is 380 g/mol. The largest absolute Gasteiger partial charge is 0.506 e. The maximum Gasteiger partial charge on any atom is 0.269 e. The molecule has 0 aromatic heterocycles. The van der Waals surface area contributed by atoms with Crippen LogP contribution in [0.15, 0.2) is 47.4 Å². The number of phenols is 1. The molecule has 1 heterocycles. The van der Waals surface area contributed by atoms with Crippen molar-refractivity contribution in [3.63, 3.8) is 0 Å². The first-order chi connectivity index (χ1) is 11.8. The number of nitrogens with zero attached hydrogens (tertiary/aromatic N) is 1. The maximum atomic E-state index is 12.4. The fraction of sp³-hybridized carbons (Fsp3) is 0.125. The van der Waals surface area contributed by atoms with E-state index in [4.69, 9.17) is 11.6 Å². The van der Waals surface area contributed by atoms with E-state index in [0.29, 0.717) is 9.33 Å². The highest BCUT2D eigenvalue weighted by atomic mass is 35.5. The van der Waals surface area contributed by atoms with Gasteiger partial charge in [0.1, 0.15) is 10.6 Å². The molecule has 2 amide bonds. The maximum absolute atomic E-state index is 12.4. The zero-order valence-electron chi connectivity index (χ0n) is 12.8. The van der Waals surface area contributed by atoms with Crippen LogP contribution >= 0.6 is 11.6 Å². The predicted octanol–water partition coefficient (Wildman–Crippen LogP) is 2.22. The van der Waals surface area contributed by atoms with Crippen molar-refractivity contribution in [2.45, 2.75) is 11.3 Å². The second kappa shape index (κ2) is 6.38. The lowest BCUT2D eigenvalue weighted by Gasteiger charge is -2.15. The van der Waals surface area contributed by atoms with Gasteiger partial charge in [-0.15, -0.1) is 0 Å². The molecular weight excluding hydrogens is 368 g/mol. The number of hydrogen-bond donors (Lipinski definition) is 2. The quantitative estimate of drug-likeness (QED) is 0.791. The smallest absolute Gasteiger partial charge is 0.269 e. The SMILES string of the molecule is O=C(CCN1C(=O)c2ccccc2S1(=O)=O)Nc1cc(Cl)ccc1O. The van der Waals surface area contributed by atoms with Crippen molar-refractivity contribution in [3.05, 3.63) is 53.1 Å². The fourth-order valence-corrected chi connectivity index (χ4v) is 4.22. The van der Waals surface area contributed by atoms with Crippen LogP contribution in [0.4, 0.5) is 5.69 Å². The average molecular weight is 381 g/mol. The lowest BCUT2D eigenvalue weighted by atomic mass is 10.2. The van der Waals surface area contributed by atoms with Crippen LogP contribution < -0.4 is 5.32 Å². The minimum Gasteiger partial charge on any atom is -0.506 e. The number of carbonyl (C=O) groups excluding carboxylic acids is 2. The molecule has 0 bridgehead atoms. The number of fused-ring (bicyclic) bond motifs is 1. The number of hydrogen-bond acceptors (Lipinski definition) is 5. The summed E-state index contributed by atoms with van der Waals surface area (Å²) in [5.41, 5.74) is 0.201. The van der Waals surface area contributed by atoms with Gasteiger partial charge in [0.2, 0.25) is 5.91 Å². The molecular formula is C16H13ClN2O5S. The first kappa shape index (κ1) is 17.2. The summed E-state index contributed by atoms with van der Waals surface area (Å²) in [4.78, 5) is 24.2. The topological polar surface area (TPSA) is 104 Å². The van der Waals surface area contributed by atoms with Gasteiger partial charge in [-0.25, -0.2) is 12.7 Å². The number of halogens is 1. The average Bonchev–Trinajstić information content (AvgIpc) is 2.76. The Balaban J connectivity index is 1.71. The molecule has 1 aliphatic heterocycles. The van der Waals surface area contributed by atoms with E-state index < -0.39 is 21.8 Å². The molecule has 0 spiro atoms. The number of rotatable bonds is 4. The van der Waals surface area contributed by atoms with Gasteiger partial charge in [-0.2, -0.15) is 0 Å². The van der Waals surface area contributed by atoms with E-state index in [9.17, 15) is 23.1 Å². The Labute approximate surface area is 148 Å². The van der Waals surface area contributed by atoms with E-state index >= 15 is 0 Å². The van der Waals surface area contributed by atoms with Gasteiger partial charge in [0.05, 0.1) is 11.3 Å². The van der Waals surface area contributed by atoms with E-state index in [1.165, 1.54) is 36.4 Å². The van der Waals surface area contributed by atoms with Crippen LogP contribution in [-0.2, 0) is 14.8 Å². The number of anilines is 1. The van der Waals surface area contributed by atoms with Crippen LogP contribution in [0.25, 0.3) is 0 Å². The van der Waals surface area contributed by atoms with Gasteiger partial charge in [0, 0.05) is 18.0 Å². The minimum absolute atomic E-state index is 0.0621. The van der Waals surface area contributed by atoms with E-state index in [-0.39, 0.29) is 34.9 Å². The van der Waals surface area contributed by atoms with Gasteiger partial charge in [-0.3, -0.25) is 9.59 Å². The van der Waals surface area contributed by atoms with Crippen LogP contribution in [0.2, 0.25) is 5.02 Å². The molecule has 0 atom stereocenters. The van der Waals surface area contributed by atoms with E-state index in [1.807, 2.05) is 0 Å².